The van der Waals surface area contributed by atoms with Gasteiger partial charge in [-0.3, -0.25) is 4.79 Å². The molecule has 0 spiro atoms. The fourth-order valence-corrected chi connectivity index (χ4v) is 3.34. The Balaban J connectivity index is 1.93. The summed E-state index contributed by atoms with van der Waals surface area (Å²) < 4.78 is 6.54. The zero-order valence-electron chi connectivity index (χ0n) is 11.6. The van der Waals surface area contributed by atoms with Crippen molar-refractivity contribution in [3.05, 3.63) is 75.2 Å². The molecule has 3 aromatic carbocycles. The summed E-state index contributed by atoms with van der Waals surface area (Å²) in [5.41, 5.74) is 1.50. The Kier molecular flexibility index (Phi) is 4.46. The molecule has 0 aliphatic rings. The van der Waals surface area contributed by atoms with Gasteiger partial charge in [-0.25, -0.2) is 0 Å². The lowest BCUT2D eigenvalue weighted by molar-refractivity contribution is 0.111. The molecule has 0 aliphatic heterocycles. The van der Waals surface area contributed by atoms with E-state index in [4.69, 9.17) is 16.3 Å². The minimum atomic E-state index is 0.377. The standard InChI is InChI=1S/C18H12BrClO2/c19-17-9-15(20)8-14(10-21)18(17)22-11-13-6-3-5-12-4-1-2-7-16(12)13/h1-10H,11H2. The number of benzene rings is 3. The first kappa shape index (κ1) is 15.1. The molecule has 0 heterocycles. The highest BCUT2D eigenvalue weighted by atomic mass is 79.9. The van der Waals surface area contributed by atoms with Gasteiger partial charge in [-0.2, -0.15) is 0 Å². The molecule has 22 heavy (non-hydrogen) atoms. The molecular formula is C18H12BrClO2. The summed E-state index contributed by atoms with van der Waals surface area (Å²) in [5, 5.41) is 2.80. The van der Waals surface area contributed by atoms with Gasteiger partial charge in [0.05, 0.1) is 10.0 Å². The molecule has 110 valence electrons. The molecule has 0 aromatic heterocycles. The zero-order chi connectivity index (χ0) is 15.5. The molecule has 3 aromatic rings. The van der Waals surface area contributed by atoms with Gasteiger partial charge in [-0.1, -0.05) is 54.1 Å². The van der Waals surface area contributed by atoms with Gasteiger partial charge in [0.15, 0.2) is 6.29 Å². The third-order valence-corrected chi connectivity index (χ3v) is 4.22. The predicted molar refractivity (Wildman–Crippen MR) is 92.8 cm³/mol. The van der Waals surface area contributed by atoms with Gasteiger partial charge in [-0.15, -0.1) is 0 Å². The number of aldehydes is 1. The van der Waals surface area contributed by atoms with Crippen molar-refractivity contribution in [3.8, 4) is 5.75 Å². The molecule has 4 heteroatoms. The van der Waals surface area contributed by atoms with Gasteiger partial charge >= 0.3 is 0 Å². The second kappa shape index (κ2) is 6.51. The van der Waals surface area contributed by atoms with Crippen molar-refractivity contribution in [1.29, 1.82) is 0 Å². The van der Waals surface area contributed by atoms with E-state index in [9.17, 15) is 4.79 Å². The van der Waals surface area contributed by atoms with E-state index in [0.717, 1.165) is 22.6 Å². The van der Waals surface area contributed by atoms with Crippen LogP contribution in [0.4, 0.5) is 0 Å². The fourth-order valence-electron chi connectivity index (χ4n) is 2.39. The molecule has 0 bridgehead atoms. The number of hydrogen-bond acceptors (Lipinski definition) is 2. The highest BCUT2D eigenvalue weighted by Gasteiger charge is 2.11. The fraction of sp³-hybridized carbons (Fsp3) is 0.0556. The Morgan fingerprint density at radius 1 is 1.09 bits per heavy atom. The van der Waals surface area contributed by atoms with E-state index >= 15 is 0 Å². The summed E-state index contributed by atoms with van der Waals surface area (Å²) in [6.07, 6.45) is 0.745. The van der Waals surface area contributed by atoms with E-state index in [1.54, 1.807) is 12.1 Å². The first-order valence-electron chi connectivity index (χ1n) is 6.72. The van der Waals surface area contributed by atoms with Crippen molar-refractivity contribution < 1.29 is 9.53 Å². The number of fused-ring (bicyclic) bond motifs is 1. The SMILES string of the molecule is O=Cc1cc(Cl)cc(Br)c1OCc1cccc2ccccc12. The summed E-state index contributed by atoms with van der Waals surface area (Å²) in [7, 11) is 0. The van der Waals surface area contributed by atoms with Crippen LogP contribution >= 0.6 is 27.5 Å². The average molecular weight is 376 g/mol. The van der Waals surface area contributed by atoms with Crippen LogP contribution in [0.15, 0.2) is 59.1 Å². The van der Waals surface area contributed by atoms with Gasteiger partial charge < -0.3 is 4.74 Å². The van der Waals surface area contributed by atoms with E-state index in [1.807, 2.05) is 24.3 Å². The Hall–Kier alpha value is -1.84. The van der Waals surface area contributed by atoms with Crippen molar-refractivity contribution in [2.75, 3.05) is 0 Å². The monoisotopic (exact) mass is 374 g/mol. The third-order valence-electron chi connectivity index (χ3n) is 3.42. The summed E-state index contributed by atoms with van der Waals surface area (Å²) in [5.74, 6) is 0.507. The molecule has 0 saturated carbocycles. The zero-order valence-corrected chi connectivity index (χ0v) is 13.9. The van der Waals surface area contributed by atoms with Crippen LogP contribution < -0.4 is 4.74 Å². The quantitative estimate of drug-likeness (QED) is 0.551. The number of carbonyl (C=O) groups is 1. The third kappa shape index (κ3) is 3.01. The number of rotatable bonds is 4. The van der Waals surface area contributed by atoms with Crippen LogP contribution in [0.1, 0.15) is 15.9 Å². The van der Waals surface area contributed by atoms with Crippen molar-refractivity contribution >= 4 is 44.6 Å². The topological polar surface area (TPSA) is 26.3 Å². The summed E-state index contributed by atoms with van der Waals surface area (Å²) in [6.45, 7) is 0.377. The van der Waals surface area contributed by atoms with Gasteiger partial charge in [0.1, 0.15) is 12.4 Å². The van der Waals surface area contributed by atoms with E-state index in [-0.39, 0.29) is 0 Å². The molecule has 3 rings (SSSR count). The Bertz CT molecular complexity index is 840. The maximum Gasteiger partial charge on any atom is 0.153 e. The van der Waals surface area contributed by atoms with Crippen molar-refractivity contribution in [3.63, 3.8) is 0 Å². The molecule has 2 nitrogen and oxygen atoms in total. The van der Waals surface area contributed by atoms with Crippen LogP contribution in [0.3, 0.4) is 0 Å². The number of hydrogen-bond donors (Lipinski definition) is 0. The average Bonchev–Trinajstić information content (AvgIpc) is 2.53. The normalized spacial score (nSPS) is 10.6. The molecule has 0 radical (unpaired) electrons. The van der Waals surface area contributed by atoms with Gasteiger partial charge in [0.25, 0.3) is 0 Å². The van der Waals surface area contributed by atoms with Crippen molar-refractivity contribution in [2.45, 2.75) is 6.61 Å². The van der Waals surface area contributed by atoms with Crippen LogP contribution in [0.25, 0.3) is 10.8 Å². The maximum absolute atomic E-state index is 11.2. The van der Waals surface area contributed by atoms with E-state index in [2.05, 4.69) is 34.1 Å². The summed E-state index contributed by atoms with van der Waals surface area (Å²) >= 11 is 9.35. The molecule has 0 fully saturated rings. The number of halogens is 2. The van der Waals surface area contributed by atoms with Crippen LogP contribution in [-0.4, -0.2) is 6.29 Å². The summed E-state index contributed by atoms with van der Waals surface area (Å²) in [6, 6.07) is 17.5. The minimum absolute atomic E-state index is 0.377. The molecule has 0 aliphatic carbocycles. The Morgan fingerprint density at radius 2 is 1.86 bits per heavy atom. The molecular weight excluding hydrogens is 364 g/mol. The maximum atomic E-state index is 11.2. The van der Waals surface area contributed by atoms with E-state index in [1.165, 1.54) is 0 Å². The minimum Gasteiger partial charge on any atom is -0.487 e. The van der Waals surface area contributed by atoms with Gasteiger partial charge in [-0.05, 0) is 44.4 Å². The molecule has 0 atom stereocenters. The highest BCUT2D eigenvalue weighted by molar-refractivity contribution is 9.10. The second-order valence-corrected chi connectivity index (χ2v) is 6.14. The van der Waals surface area contributed by atoms with Crippen LogP contribution in [0.2, 0.25) is 5.02 Å². The number of carbonyl (C=O) groups excluding carboxylic acids is 1. The molecule has 0 unspecified atom stereocenters. The van der Waals surface area contributed by atoms with Gasteiger partial charge in [0.2, 0.25) is 0 Å². The molecule has 0 saturated heterocycles. The second-order valence-electron chi connectivity index (χ2n) is 4.85. The lowest BCUT2D eigenvalue weighted by atomic mass is 10.1. The smallest absolute Gasteiger partial charge is 0.153 e. The van der Waals surface area contributed by atoms with Crippen molar-refractivity contribution in [1.82, 2.24) is 0 Å². The van der Waals surface area contributed by atoms with Crippen molar-refractivity contribution in [2.24, 2.45) is 0 Å². The lowest BCUT2D eigenvalue weighted by Crippen LogP contribution is -2.00. The molecule has 0 N–H and O–H groups in total. The van der Waals surface area contributed by atoms with E-state index < -0.39 is 0 Å². The van der Waals surface area contributed by atoms with Crippen LogP contribution in [0, 0.1) is 0 Å². The largest absolute Gasteiger partial charge is 0.487 e. The molecule has 0 amide bonds. The first-order valence-corrected chi connectivity index (χ1v) is 7.90. The first-order chi connectivity index (χ1) is 10.7. The number of ether oxygens (including phenoxy) is 1. The highest BCUT2D eigenvalue weighted by Crippen LogP contribution is 2.33. The Labute approximate surface area is 141 Å². The predicted octanol–water partition coefficient (Wildman–Crippen LogP) is 5.65. The van der Waals surface area contributed by atoms with Gasteiger partial charge in [0, 0.05) is 5.02 Å². The van der Waals surface area contributed by atoms with E-state index in [0.29, 0.717) is 27.4 Å². The lowest BCUT2D eigenvalue weighted by Gasteiger charge is -2.12. The van der Waals surface area contributed by atoms with Crippen LogP contribution in [0.5, 0.6) is 5.75 Å². The van der Waals surface area contributed by atoms with Crippen LogP contribution in [-0.2, 0) is 6.61 Å². The summed E-state index contributed by atoms with van der Waals surface area (Å²) in [4.78, 5) is 11.2. The Morgan fingerprint density at radius 3 is 2.68 bits per heavy atom.